The quantitative estimate of drug-likeness (QED) is 0.686. The van der Waals surface area contributed by atoms with Gasteiger partial charge in [0.2, 0.25) is 0 Å². The first-order valence-electron chi connectivity index (χ1n) is 5.18. The fourth-order valence-electron chi connectivity index (χ4n) is 1.83. The molecule has 0 unspecified atom stereocenters. The van der Waals surface area contributed by atoms with Crippen molar-refractivity contribution in [2.75, 3.05) is 0 Å². The average molecular weight is 280 g/mol. The van der Waals surface area contributed by atoms with E-state index in [4.69, 9.17) is 23.8 Å². The topological polar surface area (TPSA) is 33.6 Å². The maximum Gasteiger partial charge on any atom is 0.184 e. The zero-order valence-corrected chi connectivity index (χ0v) is 10.6. The molecule has 0 atom stereocenters. The van der Waals surface area contributed by atoms with Crippen LogP contribution in [0.4, 0.5) is 4.39 Å². The van der Waals surface area contributed by atoms with Gasteiger partial charge in [0.25, 0.3) is 0 Å². The maximum absolute atomic E-state index is 13.1. The molecule has 0 fully saturated rings. The summed E-state index contributed by atoms with van der Waals surface area (Å²) in [5, 5.41) is 0.289. The lowest BCUT2D eigenvalue weighted by molar-refractivity contribution is 0.627. The van der Waals surface area contributed by atoms with E-state index in [0.717, 1.165) is 5.52 Å². The molecule has 2 heterocycles. The van der Waals surface area contributed by atoms with Crippen LogP contribution in [0, 0.1) is 10.6 Å². The number of hydrogen-bond acceptors (Lipinski definition) is 2. The van der Waals surface area contributed by atoms with Gasteiger partial charge in [0.15, 0.2) is 10.4 Å². The van der Waals surface area contributed by atoms with Crippen LogP contribution in [-0.4, -0.2) is 14.5 Å². The molecule has 2 aromatic heterocycles. The molecule has 3 nitrogen and oxygen atoms in total. The van der Waals surface area contributed by atoms with Gasteiger partial charge < -0.3 is 4.98 Å². The summed E-state index contributed by atoms with van der Waals surface area (Å²) in [6.45, 7) is 0. The Morgan fingerprint density at radius 1 is 1.33 bits per heavy atom. The molecule has 0 saturated carbocycles. The van der Waals surface area contributed by atoms with Gasteiger partial charge in [-0.1, -0.05) is 11.6 Å². The summed E-state index contributed by atoms with van der Waals surface area (Å²) in [6, 6.07) is 7.84. The van der Waals surface area contributed by atoms with E-state index < -0.39 is 0 Å². The van der Waals surface area contributed by atoms with Crippen molar-refractivity contribution < 1.29 is 4.39 Å². The number of aromatic nitrogens is 3. The highest BCUT2D eigenvalue weighted by Crippen LogP contribution is 2.25. The van der Waals surface area contributed by atoms with Crippen molar-refractivity contribution in [3.05, 3.63) is 52.1 Å². The van der Waals surface area contributed by atoms with Gasteiger partial charge in [-0.25, -0.2) is 9.37 Å². The van der Waals surface area contributed by atoms with Crippen LogP contribution in [0.3, 0.4) is 0 Å². The normalized spacial score (nSPS) is 11.0. The van der Waals surface area contributed by atoms with Gasteiger partial charge in [-0.2, -0.15) is 0 Å². The third kappa shape index (κ3) is 1.72. The predicted molar refractivity (Wildman–Crippen MR) is 71.2 cm³/mol. The SMILES string of the molecule is Fc1ccc(-n2c(=S)[nH]c3cccnc32)c(Cl)c1. The van der Waals surface area contributed by atoms with Crippen molar-refractivity contribution in [1.29, 1.82) is 0 Å². The Kier molecular flexibility index (Phi) is 2.65. The molecule has 90 valence electrons. The zero-order valence-electron chi connectivity index (χ0n) is 9.02. The maximum atomic E-state index is 13.1. The van der Waals surface area contributed by atoms with E-state index in [0.29, 0.717) is 16.1 Å². The number of halogens is 2. The molecular formula is C12H7ClFN3S. The Balaban J connectivity index is 2.38. The van der Waals surface area contributed by atoms with Gasteiger partial charge in [0.1, 0.15) is 5.82 Å². The number of rotatable bonds is 1. The molecule has 3 rings (SSSR count). The summed E-state index contributed by atoms with van der Waals surface area (Å²) in [6.07, 6.45) is 1.67. The van der Waals surface area contributed by atoms with E-state index in [-0.39, 0.29) is 10.8 Å². The lowest BCUT2D eigenvalue weighted by Gasteiger charge is -2.06. The van der Waals surface area contributed by atoms with Crippen LogP contribution < -0.4 is 0 Å². The van der Waals surface area contributed by atoms with Crippen LogP contribution in [0.2, 0.25) is 5.02 Å². The third-order valence-electron chi connectivity index (χ3n) is 2.59. The first-order chi connectivity index (χ1) is 8.66. The van der Waals surface area contributed by atoms with Crippen molar-refractivity contribution in [3.63, 3.8) is 0 Å². The number of nitrogens with one attached hydrogen (secondary N) is 1. The average Bonchev–Trinajstić information content (AvgIpc) is 2.66. The first kappa shape index (κ1) is 11.4. The molecule has 0 amide bonds. The standard InChI is InChI=1S/C12H7ClFN3S/c13-8-6-7(14)3-4-10(8)17-11-9(16-12(17)18)2-1-5-15-11/h1-6H,(H,16,18). The highest BCUT2D eigenvalue weighted by molar-refractivity contribution is 7.71. The molecule has 0 aliphatic carbocycles. The lowest BCUT2D eigenvalue weighted by Crippen LogP contribution is -1.96. The molecule has 0 aliphatic heterocycles. The minimum atomic E-state index is -0.386. The minimum Gasteiger partial charge on any atom is -0.329 e. The van der Waals surface area contributed by atoms with Gasteiger partial charge in [-0.3, -0.25) is 4.57 Å². The Labute approximate surface area is 112 Å². The van der Waals surface area contributed by atoms with Crippen LogP contribution in [0.5, 0.6) is 0 Å². The Morgan fingerprint density at radius 2 is 2.17 bits per heavy atom. The Hall–Kier alpha value is -1.72. The third-order valence-corrected chi connectivity index (χ3v) is 3.18. The summed E-state index contributed by atoms with van der Waals surface area (Å²) < 4.78 is 15.2. The predicted octanol–water partition coefficient (Wildman–Crippen LogP) is 3.88. The first-order valence-corrected chi connectivity index (χ1v) is 5.96. The van der Waals surface area contributed by atoms with Crippen LogP contribution in [-0.2, 0) is 0 Å². The van der Waals surface area contributed by atoms with E-state index in [9.17, 15) is 4.39 Å². The Bertz CT molecular complexity index is 793. The molecule has 3 aromatic rings. The summed E-state index contributed by atoms with van der Waals surface area (Å²) >= 11 is 11.3. The highest BCUT2D eigenvalue weighted by Gasteiger charge is 2.10. The number of fused-ring (bicyclic) bond motifs is 1. The van der Waals surface area contributed by atoms with E-state index in [1.807, 2.05) is 12.1 Å². The number of imidazole rings is 1. The largest absolute Gasteiger partial charge is 0.329 e. The second-order valence-electron chi connectivity index (χ2n) is 3.74. The van der Waals surface area contributed by atoms with E-state index in [1.54, 1.807) is 16.8 Å². The van der Waals surface area contributed by atoms with Gasteiger partial charge in [-0.15, -0.1) is 0 Å². The smallest absolute Gasteiger partial charge is 0.184 e. The van der Waals surface area contributed by atoms with Gasteiger partial charge in [0, 0.05) is 6.20 Å². The molecule has 0 aliphatic rings. The Morgan fingerprint density at radius 3 is 2.94 bits per heavy atom. The summed E-state index contributed by atoms with van der Waals surface area (Å²) in [5.41, 5.74) is 2.08. The monoisotopic (exact) mass is 279 g/mol. The highest BCUT2D eigenvalue weighted by atomic mass is 35.5. The number of benzene rings is 1. The molecule has 0 saturated heterocycles. The number of aromatic amines is 1. The fraction of sp³-hybridized carbons (Fsp3) is 0. The number of nitrogens with zero attached hydrogens (tertiary/aromatic N) is 2. The minimum absolute atomic E-state index is 0.289. The summed E-state index contributed by atoms with van der Waals surface area (Å²) in [5.74, 6) is -0.386. The molecule has 1 aromatic carbocycles. The molecule has 0 spiro atoms. The second-order valence-corrected chi connectivity index (χ2v) is 4.53. The summed E-state index contributed by atoms with van der Waals surface area (Å²) in [4.78, 5) is 7.28. The molecule has 6 heteroatoms. The fourth-order valence-corrected chi connectivity index (χ4v) is 2.37. The van der Waals surface area contributed by atoms with Crippen LogP contribution in [0.25, 0.3) is 16.9 Å². The zero-order chi connectivity index (χ0) is 12.7. The molecule has 18 heavy (non-hydrogen) atoms. The van der Waals surface area contributed by atoms with E-state index in [2.05, 4.69) is 9.97 Å². The van der Waals surface area contributed by atoms with Crippen molar-refractivity contribution in [2.24, 2.45) is 0 Å². The number of pyridine rings is 1. The molecular weight excluding hydrogens is 273 g/mol. The summed E-state index contributed by atoms with van der Waals surface area (Å²) in [7, 11) is 0. The molecule has 1 N–H and O–H groups in total. The molecule has 0 bridgehead atoms. The van der Waals surface area contributed by atoms with E-state index >= 15 is 0 Å². The lowest BCUT2D eigenvalue weighted by atomic mass is 10.3. The van der Waals surface area contributed by atoms with Crippen molar-refractivity contribution in [3.8, 4) is 5.69 Å². The van der Waals surface area contributed by atoms with Gasteiger partial charge in [0.05, 0.1) is 16.2 Å². The van der Waals surface area contributed by atoms with Crippen LogP contribution in [0.15, 0.2) is 36.5 Å². The van der Waals surface area contributed by atoms with Crippen molar-refractivity contribution in [2.45, 2.75) is 0 Å². The van der Waals surface area contributed by atoms with E-state index in [1.165, 1.54) is 12.1 Å². The van der Waals surface area contributed by atoms with Gasteiger partial charge in [-0.05, 0) is 42.5 Å². The van der Waals surface area contributed by atoms with Crippen molar-refractivity contribution in [1.82, 2.24) is 14.5 Å². The van der Waals surface area contributed by atoms with Crippen molar-refractivity contribution >= 4 is 35.0 Å². The van der Waals surface area contributed by atoms with Crippen LogP contribution >= 0.6 is 23.8 Å². The van der Waals surface area contributed by atoms with Gasteiger partial charge >= 0.3 is 0 Å². The second kappa shape index (κ2) is 4.19. The number of H-pyrrole nitrogens is 1. The molecule has 0 radical (unpaired) electrons. The van der Waals surface area contributed by atoms with Crippen LogP contribution in [0.1, 0.15) is 0 Å². The number of hydrogen-bond donors (Lipinski definition) is 1.